The van der Waals surface area contributed by atoms with Crippen LogP contribution in [-0.4, -0.2) is 24.7 Å². The van der Waals surface area contributed by atoms with Crippen molar-refractivity contribution in [1.82, 2.24) is 5.43 Å². The highest BCUT2D eigenvalue weighted by Gasteiger charge is 2.13. The van der Waals surface area contributed by atoms with Crippen molar-refractivity contribution in [2.45, 2.75) is 0 Å². The molecule has 0 aromatic heterocycles. The van der Waals surface area contributed by atoms with E-state index in [2.05, 4.69) is 17.1 Å². The summed E-state index contributed by atoms with van der Waals surface area (Å²) in [7, 11) is 0. The molecule has 0 fully saturated rings. The second-order valence-electron chi connectivity index (χ2n) is 6.41. The van der Waals surface area contributed by atoms with Crippen LogP contribution in [0.15, 0.2) is 84.5 Å². The van der Waals surface area contributed by atoms with Crippen LogP contribution < -0.4 is 14.9 Å². The van der Waals surface area contributed by atoms with Crippen molar-refractivity contribution in [2.75, 3.05) is 6.61 Å². The summed E-state index contributed by atoms with van der Waals surface area (Å²) >= 11 is 11.9. The maximum atomic E-state index is 12.3. The van der Waals surface area contributed by atoms with Gasteiger partial charge in [0.05, 0.1) is 16.8 Å². The van der Waals surface area contributed by atoms with Crippen molar-refractivity contribution in [3.05, 3.63) is 106 Å². The number of carbonyl (C=O) groups is 2. The lowest BCUT2D eigenvalue weighted by atomic mass is 10.2. The Morgan fingerprint density at radius 2 is 1.78 bits per heavy atom. The molecule has 0 spiro atoms. The normalized spacial score (nSPS) is 10.6. The van der Waals surface area contributed by atoms with Gasteiger partial charge in [-0.3, -0.25) is 4.79 Å². The quantitative estimate of drug-likeness (QED) is 0.155. The Balaban J connectivity index is 1.59. The zero-order valence-electron chi connectivity index (χ0n) is 16.8. The summed E-state index contributed by atoms with van der Waals surface area (Å²) in [6.07, 6.45) is 3.07. The third kappa shape index (κ3) is 6.44. The van der Waals surface area contributed by atoms with E-state index >= 15 is 0 Å². The molecule has 6 nitrogen and oxygen atoms in total. The molecule has 3 rings (SSSR count). The summed E-state index contributed by atoms with van der Waals surface area (Å²) in [6.45, 7) is 3.97. The van der Waals surface area contributed by atoms with E-state index < -0.39 is 5.97 Å². The number of hydrogen-bond acceptors (Lipinski definition) is 5. The van der Waals surface area contributed by atoms with Gasteiger partial charge >= 0.3 is 5.97 Å². The summed E-state index contributed by atoms with van der Waals surface area (Å²) in [5.41, 5.74) is 3.69. The smallest absolute Gasteiger partial charge is 0.345 e. The number of esters is 1. The molecule has 0 unspecified atom stereocenters. The molecule has 1 N–H and O–H groups in total. The Hall–Kier alpha value is -3.61. The SMILES string of the molecule is C=CCOc1ccc(C(=O)N/N=C/c2cccc(OC(=O)c3ccc(Cl)cc3Cl)c2)cc1. The van der Waals surface area contributed by atoms with E-state index in [-0.39, 0.29) is 16.5 Å². The number of carbonyl (C=O) groups excluding carboxylic acids is 2. The van der Waals surface area contributed by atoms with Gasteiger partial charge in [-0.1, -0.05) is 48.0 Å². The molecule has 0 radical (unpaired) electrons. The Morgan fingerprint density at radius 3 is 2.50 bits per heavy atom. The molecule has 0 saturated carbocycles. The third-order valence-electron chi connectivity index (χ3n) is 4.08. The van der Waals surface area contributed by atoms with Crippen molar-refractivity contribution in [2.24, 2.45) is 5.10 Å². The summed E-state index contributed by atoms with van der Waals surface area (Å²) < 4.78 is 10.7. The average Bonchev–Trinajstić information content (AvgIpc) is 2.78. The zero-order chi connectivity index (χ0) is 22.9. The molecule has 0 aliphatic heterocycles. The largest absolute Gasteiger partial charge is 0.490 e. The third-order valence-corrected chi connectivity index (χ3v) is 4.63. The number of halogens is 2. The zero-order valence-corrected chi connectivity index (χ0v) is 18.3. The van der Waals surface area contributed by atoms with E-state index in [0.29, 0.717) is 34.3 Å². The van der Waals surface area contributed by atoms with Crippen LogP contribution in [0.3, 0.4) is 0 Å². The van der Waals surface area contributed by atoms with Gasteiger partial charge in [-0.15, -0.1) is 0 Å². The Kier molecular flexibility index (Phi) is 8.02. The van der Waals surface area contributed by atoms with Gasteiger partial charge < -0.3 is 9.47 Å². The van der Waals surface area contributed by atoms with Crippen molar-refractivity contribution < 1.29 is 19.1 Å². The summed E-state index contributed by atoms with van der Waals surface area (Å²) in [6, 6.07) is 17.8. The van der Waals surface area contributed by atoms with E-state index in [1.165, 1.54) is 18.3 Å². The topological polar surface area (TPSA) is 77.0 Å². The number of benzene rings is 3. The van der Waals surface area contributed by atoms with Crippen LogP contribution in [0.25, 0.3) is 0 Å². The van der Waals surface area contributed by atoms with Crippen LogP contribution in [0.5, 0.6) is 11.5 Å². The van der Waals surface area contributed by atoms with Crippen LogP contribution in [-0.2, 0) is 0 Å². The minimum absolute atomic E-state index is 0.197. The molecule has 1 amide bonds. The van der Waals surface area contributed by atoms with Gasteiger partial charge in [0.15, 0.2) is 0 Å². The monoisotopic (exact) mass is 468 g/mol. The number of ether oxygens (including phenoxy) is 2. The molecule has 32 heavy (non-hydrogen) atoms. The van der Waals surface area contributed by atoms with Crippen molar-refractivity contribution in [3.63, 3.8) is 0 Å². The second-order valence-corrected chi connectivity index (χ2v) is 7.25. The van der Waals surface area contributed by atoms with Gasteiger partial charge in [-0.05, 0) is 60.2 Å². The Morgan fingerprint density at radius 1 is 1.00 bits per heavy atom. The molecule has 3 aromatic carbocycles. The fourth-order valence-electron chi connectivity index (χ4n) is 2.56. The number of amides is 1. The number of hydrogen-bond donors (Lipinski definition) is 1. The fraction of sp³-hybridized carbons (Fsp3) is 0.0417. The maximum absolute atomic E-state index is 12.3. The lowest BCUT2D eigenvalue weighted by Crippen LogP contribution is -2.17. The summed E-state index contributed by atoms with van der Waals surface area (Å²) in [5, 5.41) is 4.56. The Labute approximate surface area is 195 Å². The van der Waals surface area contributed by atoms with Gasteiger partial charge in [0.25, 0.3) is 5.91 Å². The maximum Gasteiger partial charge on any atom is 0.345 e. The lowest BCUT2D eigenvalue weighted by molar-refractivity contribution is 0.0734. The molecule has 8 heteroatoms. The average molecular weight is 469 g/mol. The number of hydrazone groups is 1. The van der Waals surface area contributed by atoms with E-state index in [1.807, 2.05) is 0 Å². The van der Waals surface area contributed by atoms with Crippen LogP contribution in [0, 0.1) is 0 Å². The van der Waals surface area contributed by atoms with Crippen LogP contribution in [0.1, 0.15) is 26.3 Å². The standard InChI is InChI=1S/C24H18Cl2N2O4/c1-2-12-31-19-9-6-17(7-10-19)23(29)28-27-15-16-4-3-5-20(13-16)32-24(30)21-11-8-18(25)14-22(21)26/h2-11,13-15H,1,12H2,(H,28,29)/b27-15+. The first-order chi connectivity index (χ1) is 15.5. The van der Waals surface area contributed by atoms with E-state index in [1.54, 1.807) is 60.7 Å². The van der Waals surface area contributed by atoms with Gasteiger partial charge in [-0.25, -0.2) is 10.2 Å². The number of rotatable bonds is 8. The van der Waals surface area contributed by atoms with Gasteiger partial charge in [0, 0.05) is 10.6 Å². The molecule has 0 aliphatic rings. The molecule has 0 saturated heterocycles. The van der Waals surface area contributed by atoms with E-state index in [9.17, 15) is 9.59 Å². The minimum Gasteiger partial charge on any atom is -0.490 e. The molecule has 0 atom stereocenters. The number of nitrogens with zero attached hydrogens (tertiary/aromatic N) is 1. The molecule has 0 heterocycles. The summed E-state index contributed by atoms with van der Waals surface area (Å²) in [4.78, 5) is 24.6. The lowest BCUT2D eigenvalue weighted by Gasteiger charge is -2.07. The van der Waals surface area contributed by atoms with Crippen molar-refractivity contribution >= 4 is 41.3 Å². The van der Waals surface area contributed by atoms with E-state index in [0.717, 1.165) is 0 Å². The molecule has 162 valence electrons. The fourth-order valence-corrected chi connectivity index (χ4v) is 3.05. The molecule has 0 bridgehead atoms. The predicted molar refractivity (Wildman–Crippen MR) is 125 cm³/mol. The molecule has 3 aromatic rings. The minimum atomic E-state index is -0.616. The van der Waals surface area contributed by atoms with Crippen LogP contribution >= 0.6 is 23.2 Å². The predicted octanol–water partition coefficient (Wildman–Crippen LogP) is 5.54. The molecular weight excluding hydrogens is 451 g/mol. The van der Waals surface area contributed by atoms with Crippen LogP contribution in [0.4, 0.5) is 0 Å². The van der Waals surface area contributed by atoms with Gasteiger partial charge in [0.1, 0.15) is 18.1 Å². The molecule has 0 aliphatic carbocycles. The highest BCUT2D eigenvalue weighted by Crippen LogP contribution is 2.23. The second kappa shape index (κ2) is 11.1. The first-order valence-corrected chi connectivity index (χ1v) is 10.2. The first-order valence-electron chi connectivity index (χ1n) is 9.41. The van der Waals surface area contributed by atoms with Gasteiger partial charge in [-0.2, -0.15) is 5.10 Å². The summed E-state index contributed by atoms with van der Waals surface area (Å²) in [5.74, 6) is -0.0614. The van der Waals surface area contributed by atoms with Gasteiger partial charge in [0.2, 0.25) is 0 Å². The van der Waals surface area contributed by atoms with Crippen LogP contribution in [0.2, 0.25) is 10.0 Å². The Bertz CT molecular complexity index is 1160. The number of nitrogens with one attached hydrogen (secondary N) is 1. The highest BCUT2D eigenvalue weighted by atomic mass is 35.5. The van der Waals surface area contributed by atoms with Crippen molar-refractivity contribution in [3.8, 4) is 11.5 Å². The molecular formula is C24H18Cl2N2O4. The highest BCUT2D eigenvalue weighted by molar-refractivity contribution is 6.36. The first kappa shape index (κ1) is 23.1. The van der Waals surface area contributed by atoms with E-state index in [4.69, 9.17) is 32.7 Å². The van der Waals surface area contributed by atoms with Crippen molar-refractivity contribution in [1.29, 1.82) is 0 Å².